The summed E-state index contributed by atoms with van der Waals surface area (Å²) in [4.78, 5) is 29.9. The fourth-order valence-corrected chi connectivity index (χ4v) is 3.82. The molecule has 1 aromatic carbocycles. The maximum absolute atomic E-state index is 12.7. The molecular weight excluding hydrogens is 402 g/mol. The molecule has 0 aliphatic carbocycles. The summed E-state index contributed by atoms with van der Waals surface area (Å²) in [6.45, 7) is 2.18. The minimum absolute atomic E-state index is 0.110. The summed E-state index contributed by atoms with van der Waals surface area (Å²) < 4.78 is 30.8. The number of nitrogens with one attached hydrogen (secondary N) is 1. The Morgan fingerprint density at radius 1 is 1.21 bits per heavy atom. The molecule has 29 heavy (non-hydrogen) atoms. The monoisotopic (exact) mass is 420 g/mol. The number of halogens is 2. The van der Waals surface area contributed by atoms with Gasteiger partial charge in [0.25, 0.3) is 11.5 Å². The molecule has 0 atom stereocenters. The fourth-order valence-electron chi connectivity index (χ4n) is 2.76. The topological polar surface area (TPSA) is 86.1 Å². The number of anilines is 1. The van der Waals surface area contributed by atoms with E-state index in [2.05, 4.69) is 20.1 Å². The van der Waals surface area contributed by atoms with Crippen LogP contribution in [-0.4, -0.2) is 27.3 Å². The molecule has 0 aliphatic heterocycles. The molecular formula is C19H18F2N4O3S. The van der Waals surface area contributed by atoms with E-state index in [0.717, 1.165) is 11.3 Å². The minimum atomic E-state index is -3.01. The number of rotatable bonds is 5. The van der Waals surface area contributed by atoms with E-state index in [1.54, 1.807) is 33.9 Å². The third-order valence-corrected chi connectivity index (χ3v) is 5.47. The maximum Gasteiger partial charge on any atom is 0.387 e. The van der Waals surface area contributed by atoms with Crippen LogP contribution in [0.5, 0.6) is 5.75 Å². The van der Waals surface area contributed by atoms with Crippen molar-refractivity contribution in [3.63, 3.8) is 0 Å². The van der Waals surface area contributed by atoms with E-state index >= 15 is 0 Å². The van der Waals surface area contributed by atoms with Crippen LogP contribution in [0.1, 0.15) is 26.6 Å². The molecule has 3 rings (SSSR count). The van der Waals surface area contributed by atoms with Gasteiger partial charge in [-0.05, 0) is 38.5 Å². The van der Waals surface area contributed by atoms with E-state index in [4.69, 9.17) is 0 Å². The molecule has 2 aromatic heterocycles. The average molecular weight is 420 g/mol. The normalized spacial score (nSPS) is 11.0. The van der Waals surface area contributed by atoms with Crippen LogP contribution in [0.2, 0.25) is 0 Å². The average Bonchev–Trinajstić information content (AvgIpc) is 3.03. The maximum atomic E-state index is 12.7. The van der Waals surface area contributed by atoms with Crippen LogP contribution in [0.25, 0.3) is 10.6 Å². The summed E-state index contributed by atoms with van der Waals surface area (Å²) in [5.74, 6) is -0.676. The number of hydrogen-bond donors (Lipinski definition) is 1. The van der Waals surface area contributed by atoms with E-state index in [1.807, 2.05) is 0 Å². The standard InChI is InChI=1S/C19H18F2N4O3S/c1-9-10(2)24-25(4)18(27)14(9)17-22-11(3)15(29-17)16(26)23-12-7-5-6-8-13(12)28-19(20)21/h5-8,19H,1-4H3,(H,23,26). The Morgan fingerprint density at radius 3 is 2.59 bits per heavy atom. The van der Waals surface area contributed by atoms with E-state index in [9.17, 15) is 18.4 Å². The smallest absolute Gasteiger partial charge is 0.387 e. The largest absolute Gasteiger partial charge is 0.433 e. The molecule has 7 nitrogen and oxygen atoms in total. The number of amides is 1. The van der Waals surface area contributed by atoms with Crippen LogP contribution in [0.3, 0.4) is 0 Å². The predicted octanol–water partition coefficient (Wildman–Crippen LogP) is 3.68. The van der Waals surface area contributed by atoms with Crippen molar-refractivity contribution in [1.29, 1.82) is 0 Å². The molecule has 1 N–H and O–H groups in total. The molecule has 2 heterocycles. The van der Waals surface area contributed by atoms with Gasteiger partial charge in [0.05, 0.1) is 22.6 Å². The highest BCUT2D eigenvalue weighted by molar-refractivity contribution is 7.17. The number of thiazole rings is 1. The summed E-state index contributed by atoms with van der Waals surface area (Å²) >= 11 is 1.05. The van der Waals surface area contributed by atoms with Crippen molar-refractivity contribution in [2.45, 2.75) is 27.4 Å². The first-order chi connectivity index (χ1) is 13.7. The van der Waals surface area contributed by atoms with Crippen molar-refractivity contribution < 1.29 is 18.3 Å². The highest BCUT2D eigenvalue weighted by atomic mass is 32.1. The zero-order valence-electron chi connectivity index (χ0n) is 16.1. The SMILES string of the molecule is Cc1nc(-c2c(C)c(C)nn(C)c2=O)sc1C(=O)Nc1ccccc1OC(F)F. The Balaban J connectivity index is 1.97. The van der Waals surface area contributed by atoms with Gasteiger partial charge < -0.3 is 10.1 Å². The molecule has 152 valence electrons. The van der Waals surface area contributed by atoms with Gasteiger partial charge in [-0.25, -0.2) is 9.67 Å². The lowest BCUT2D eigenvalue weighted by Crippen LogP contribution is -2.23. The van der Waals surface area contributed by atoms with E-state index in [-0.39, 0.29) is 21.9 Å². The molecule has 0 unspecified atom stereocenters. The molecule has 0 aliphatic rings. The Hall–Kier alpha value is -3.14. The molecule has 0 spiro atoms. The highest BCUT2D eigenvalue weighted by Crippen LogP contribution is 2.31. The number of carbonyl (C=O) groups is 1. The second-order valence-corrected chi connectivity index (χ2v) is 7.28. The number of benzene rings is 1. The summed E-state index contributed by atoms with van der Waals surface area (Å²) in [5, 5.41) is 7.10. The van der Waals surface area contributed by atoms with Gasteiger partial charge in [-0.1, -0.05) is 12.1 Å². The number of aromatic nitrogens is 3. The van der Waals surface area contributed by atoms with Crippen molar-refractivity contribution in [3.05, 3.63) is 56.4 Å². The number of carbonyl (C=O) groups excluding carboxylic acids is 1. The second-order valence-electron chi connectivity index (χ2n) is 6.28. The Kier molecular flexibility index (Phi) is 5.73. The number of nitrogens with zero attached hydrogens (tertiary/aromatic N) is 3. The summed E-state index contributed by atoms with van der Waals surface area (Å²) in [5.41, 5.74) is 1.96. The van der Waals surface area contributed by atoms with Gasteiger partial charge in [-0.15, -0.1) is 11.3 Å². The highest BCUT2D eigenvalue weighted by Gasteiger charge is 2.22. The van der Waals surface area contributed by atoms with E-state index in [1.165, 1.54) is 22.9 Å². The van der Waals surface area contributed by atoms with Crippen LogP contribution < -0.4 is 15.6 Å². The van der Waals surface area contributed by atoms with Gasteiger partial charge in [0, 0.05) is 7.05 Å². The number of aryl methyl sites for hydroxylation is 3. The van der Waals surface area contributed by atoms with Crippen LogP contribution in [0, 0.1) is 20.8 Å². The first-order valence-electron chi connectivity index (χ1n) is 8.56. The molecule has 0 fully saturated rings. The summed E-state index contributed by atoms with van der Waals surface area (Å²) in [6, 6.07) is 5.90. The van der Waals surface area contributed by atoms with Gasteiger partial charge in [-0.3, -0.25) is 9.59 Å². The molecule has 1 amide bonds. The van der Waals surface area contributed by atoms with Crippen LogP contribution in [0.4, 0.5) is 14.5 Å². The van der Waals surface area contributed by atoms with E-state index < -0.39 is 12.5 Å². The van der Waals surface area contributed by atoms with Crippen LogP contribution >= 0.6 is 11.3 Å². The zero-order valence-corrected chi connectivity index (χ0v) is 16.9. The molecule has 0 saturated heterocycles. The lowest BCUT2D eigenvalue weighted by atomic mass is 10.1. The van der Waals surface area contributed by atoms with E-state index in [0.29, 0.717) is 27.5 Å². The molecule has 3 aromatic rings. The molecule has 10 heteroatoms. The van der Waals surface area contributed by atoms with Crippen molar-refractivity contribution >= 4 is 22.9 Å². The van der Waals surface area contributed by atoms with Crippen molar-refractivity contribution in [2.24, 2.45) is 7.05 Å². The van der Waals surface area contributed by atoms with Crippen LogP contribution in [-0.2, 0) is 7.05 Å². The third kappa shape index (κ3) is 4.16. The third-order valence-electron chi connectivity index (χ3n) is 4.29. The van der Waals surface area contributed by atoms with Crippen molar-refractivity contribution in [1.82, 2.24) is 14.8 Å². The lowest BCUT2D eigenvalue weighted by molar-refractivity contribution is -0.0493. The first-order valence-corrected chi connectivity index (χ1v) is 9.38. The van der Waals surface area contributed by atoms with Crippen molar-refractivity contribution in [3.8, 4) is 16.3 Å². The van der Waals surface area contributed by atoms with Crippen LogP contribution in [0.15, 0.2) is 29.1 Å². The fraction of sp³-hybridized carbons (Fsp3) is 0.263. The summed E-state index contributed by atoms with van der Waals surface area (Å²) in [6.07, 6.45) is 0. The van der Waals surface area contributed by atoms with Gasteiger partial charge in [0.2, 0.25) is 0 Å². The minimum Gasteiger partial charge on any atom is -0.433 e. The van der Waals surface area contributed by atoms with Gasteiger partial charge in [0.15, 0.2) is 0 Å². The van der Waals surface area contributed by atoms with Gasteiger partial charge in [-0.2, -0.15) is 13.9 Å². The van der Waals surface area contributed by atoms with Crippen molar-refractivity contribution in [2.75, 3.05) is 5.32 Å². The Labute approximate surface area is 169 Å². The lowest BCUT2D eigenvalue weighted by Gasteiger charge is -2.11. The molecule has 0 radical (unpaired) electrons. The number of alkyl halides is 2. The molecule has 0 saturated carbocycles. The summed E-state index contributed by atoms with van der Waals surface area (Å²) in [7, 11) is 1.55. The quantitative estimate of drug-likeness (QED) is 0.681. The zero-order chi connectivity index (χ0) is 21.3. The van der Waals surface area contributed by atoms with Gasteiger partial charge in [0.1, 0.15) is 15.6 Å². The second kappa shape index (κ2) is 8.08. The predicted molar refractivity (Wildman–Crippen MR) is 106 cm³/mol. The first kappa shape index (κ1) is 20.6. The number of hydrogen-bond acceptors (Lipinski definition) is 6. The van der Waals surface area contributed by atoms with Gasteiger partial charge >= 0.3 is 6.61 Å². The Morgan fingerprint density at radius 2 is 1.90 bits per heavy atom. The Bertz CT molecular complexity index is 1140. The number of para-hydroxylation sites is 2. The number of ether oxygens (including phenoxy) is 1. The molecule has 0 bridgehead atoms.